The van der Waals surface area contributed by atoms with Crippen LogP contribution in [0.2, 0.25) is 0 Å². The number of methoxy groups -OCH3 is 2. The second kappa shape index (κ2) is 3.43. The fraction of sp³-hybridized carbons (Fsp3) is 0.444. The maximum Gasteiger partial charge on any atom is 0.216 e. The molecule has 0 saturated heterocycles. The average Bonchev–Trinajstić information content (AvgIpc) is 2.08. The fourth-order valence-electron chi connectivity index (χ4n) is 1.07. The van der Waals surface area contributed by atoms with E-state index < -0.39 is 0 Å². The third-order valence-electron chi connectivity index (χ3n) is 1.72. The van der Waals surface area contributed by atoms with Crippen LogP contribution in [0.1, 0.15) is 11.3 Å². The van der Waals surface area contributed by atoms with Gasteiger partial charge in [-0.2, -0.15) is 0 Å². The molecule has 0 bridgehead atoms. The summed E-state index contributed by atoms with van der Waals surface area (Å²) in [6.07, 6.45) is 0. The molecule has 0 N–H and O–H groups in total. The molecular weight excluding hydrogens is 154 g/mol. The zero-order valence-corrected chi connectivity index (χ0v) is 7.84. The molecule has 0 saturated carbocycles. The van der Waals surface area contributed by atoms with Crippen molar-refractivity contribution in [1.82, 2.24) is 4.98 Å². The van der Waals surface area contributed by atoms with E-state index in [2.05, 4.69) is 4.98 Å². The molecule has 0 spiro atoms. The fourth-order valence-corrected chi connectivity index (χ4v) is 1.07. The van der Waals surface area contributed by atoms with Crippen LogP contribution in [0.15, 0.2) is 6.07 Å². The minimum absolute atomic E-state index is 0.660. The van der Waals surface area contributed by atoms with E-state index in [4.69, 9.17) is 9.47 Å². The number of aryl methyl sites for hydroxylation is 2. The smallest absolute Gasteiger partial charge is 0.216 e. The lowest BCUT2D eigenvalue weighted by molar-refractivity contribution is 0.381. The molecule has 0 aliphatic heterocycles. The summed E-state index contributed by atoms with van der Waals surface area (Å²) in [5.74, 6) is 1.46. The number of nitrogens with zero attached hydrogens (tertiary/aromatic N) is 1. The van der Waals surface area contributed by atoms with E-state index in [1.807, 2.05) is 19.9 Å². The van der Waals surface area contributed by atoms with Crippen LogP contribution in [0.3, 0.4) is 0 Å². The predicted octanol–water partition coefficient (Wildman–Crippen LogP) is 1.72. The first kappa shape index (κ1) is 8.84. The Kier molecular flexibility index (Phi) is 2.53. The first-order chi connectivity index (χ1) is 5.69. The van der Waals surface area contributed by atoms with Crippen LogP contribution in [-0.4, -0.2) is 19.2 Å². The van der Waals surface area contributed by atoms with Crippen molar-refractivity contribution in [1.29, 1.82) is 0 Å². The molecule has 0 unspecified atom stereocenters. The summed E-state index contributed by atoms with van der Waals surface area (Å²) in [5, 5.41) is 0. The van der Waals surface area contributed by atoms with E-state index in [0.717, 1.165) is 17.0 Å². The summed E-state index contributed by atoms with van der Waals surface area (Å²) >= 11 is 0. The number of ether oxygens (including phenoxy) is 2. The molecule has 66 valence electrons. The topological polar surface area (TPSA) is 31.4 Å². The highest BCUT2D eigenvalue weighted by Gasteiger charge is 2.05. The largest absolute Gasteiger partial charge is 0.495 e. The summed E-state index contributed by atoms with van der Waals surface area (Å²) in [6.45, 7) is 3.83. The zero-order valence-electron chi connectivity index (χ0n) is 7.84. The van der Waals surface area contributed by atoms with Gasteiger partial charge in [-0.15, -0.1) is 0 Å². The second-order valence-corrected chi connectivity index (χ2v) is 2.60. The Bertz CT molecular complexity index is 254. The summed E-state index contributed by atoms with van der Waals surface area (Å²) in [4.78, 5) is 4.21. The molecule has 0 fully saturated rings. The molecular formula is C9H13NO2. The SMILES string of the molecule is COc1cc(C)c(OC)nc1C. The normalized spacial score (nSPS) is 9.67. The van der Waals surface area contributed by atoms with Gasteiger partial charge in [0, 0.05) is 5.56 Å². The zero-order chi connectivity index (χ0) is 9.14. The summed E-state index contributed by atoms with van der Waals surface area (Å²) in [7, 11) is 3.25. The number of hydrogen-bond acceptors (Lipinski definition) is 3. The first-order valence-electron chi connectivity index (χ1n) is 3.75. The van der Waals surface area contributed by atoms with Gasteiger partial charge in [-0.05, 0) is 19.9 Å². The van der Waals surface area contributed by atoms with E-state index in [1.165, 1.54) is 0 Å². The number of pyridine rings is 1. The molecule has 3 nitrogen and oxygen atoms in total. The molecule has 0 aliphatic carbocycles. The van der Waals surface area contributed by atoms with Crippen molar-refractivity contribution in [3.05, 3.63) is 17.3 Å². The van der Waals surface area contributed by atoms with Crippen LogP contribution in [0.5, 0.6) is 11.6 Å². The number of hydrogen-bond donors (Lipinski definition) is 0. The summed E-state index contributed by atoms with van der Waals surface area (Å²) < 4.78 is 10.2. The molecule has 12 heavy (non-hydrogen) atoms. The lowest BCUT2D eigenvalue weighted by Gasteiger charge is -2.08. The van der Waals surface area contributed by atoms with Gasteiger partial charge in [-0.25, -0.2) is 4.98 Å². The van der Waals surface area contributed by atoms with Crippen molar-refractivity contribution in [2.45, 2.75) is 13.8 Å². The van der Waals surface area contributed by atoms with Gasteiger partial charge in [0.2, 0.25) is 5.88 Å². The van der Waals surface area contributed by atoms with Crippen LogP contribution >= 0.6 is 0 Å². The van der Waals surface area contributed by atoms with E-state index in [9.17, 15) is 0 Å². The molecule has 0 amide bonds. The van der Waals surface area contributed by atoms with Gasteiger partial charge in [-0.3, -0.25) is 0 Å². The molecule has 0 radical (unpaired) electrons. The predicted molar refractivity (Wildman–Crippen MR) is 46.8 cm³/mol. The standard InChI is InChI=1S/C9H13NO2/c1-6-5-8(11-3)7(2)10-9(6)12-4/h5H,1-4H3. The maximum atomic E-state index is 5.11. The Labute approximate surface area is 72.3 Å². The van der Waals surface area contributed by atoms with Gasteiger partial charge in [0.05, 0.1) is 19.9 Å². The number of aromatic nitrogens is 1. The highest BCUT2D eigenvalue weighted by molar-refractivity contribution is 5.37. The van der Waals surface area contributed by atoms with Gasteiger partial charge in [0.1, 0.15) is 5.75 Å². The molecule has 3 heteroatoms. The minimum atomic E-state index is 0.660. The van der Waals surface area contributed by atoms with Crippen molar-refractivity contribution < 1.29 is 9.47 Å². The summed E-state index contributed by atoms with van der Waals surface area (Å²) in [5.41, 5.74) is 1.83. The van der Waals surface area contributed by atoms with E-state index in [0.29, 0.717) is 5.88 Å². The van der Waals surface area contributed by atoms with E-state index >= 15 is 0 Å². The average molecular weight is 167 g/mol. The van der Waals surface area contributed by atoms with Gasteiger partial charge in [0.25, 0.3) is 0 Å². The van der Waals surface area contributed by atoms with Crippen LogP contribution in [0, 0.1) is 13.8 Å². The van der Waals surface area contributed by atoms with Crippen LogP contribution in [-0.2, 0) is 0 Å². The van der Waals surface area contributed by atoms with Gasteiger partial charge >= 0.3 is 0 Å². The highest BCUT2D eigenvalue weighted by atomic mass is 16.5. The molecule has 1 aromatic rings. The molecule has 0 atom stereocenters. The molecule has 1 heterocycles. The van der Waals surface area contributed by atoms with Crippen molar-refractivity contribution in [3.8, 4) is 11.6 Å². The van der Waals surface area contributed by atoms with E-state index in [-0.39, 0.29) is 0 Å². The Morgan fingerprint density at radius 1 is 1.17 bits per heavy atom. The van der Waals surface area contributed by atoms with Crippen LogP contribution < -0.4 is 9.47 Å². The Morgan fingerprint density at radius 2 is 1.83 bits per heavy atom. The van der Waals surface area contributed by atoms with Crippen molar-refractivity contribution in [2.24, 2.45) is 0 Å². The van der Waals surface area contributed by atoms with Crippen LogP contribution in [0.25, 0.3) is 0 Å². The lowest BCUT2D eigenvalue weighted by atomic mass is 10.2. The maximum absolute atomic E-state index is 5.11. The van der Waals surface area contributed by atoms with Crippen molar-refractivity contribution >= 4 is 0 Å². The van der Waals surface area contributed by atoms with E-state index in [1.54, 1.807) is 14.2 Å². The van der Waals surface area contributed by atoms with Crippen LogP contribution in [0.4, 0.5) is 0 Å². The second-order valence-electron chi connectivity index (χ2n) is 2.60. The third kappa shape index (κ3) is 1.49. The lowest BCUT2D eigenvalue weighted by Crippen LogP contribution is -1.96. The van der Waals surface area contributed by atoms with Crippen molar-refractivity contribution in [3.63, 3.8) is 0 Å². The third-order valence-corrected chi connectivity index (χ3v) is 1.72. The summed E-state index contributed by atoms with van der Waals surface area (Å²) in [6, 6.07) is 1.92. The monoisotopic (exact) mass is 167 g/mol. The Hall–Kier alpha value is -1.25. The Morgan fingerprint density at radius 3 is 2.33 bits per heavy atom. The van der Waals surface area contributed by atoms with Gasteiger partial charge < -0.3 is 9.47 Å². The number of rotatable bonds is 2. The molecule has 1 aromatic heterocycles. The Balaban J connectivity index is 3.16. The molecule has 0 aromatic carbocycles. The molecule has 1 rings (SSSR count). The van der Waals surface area contributed by atoms with Gasteiger partial charge in [-0.1, -0.05) is 0 Å². The minimum Gasteiger partial charge on any atom is -0.495 e. The molecule has 0 aliphatic rings. The van der Waals surface area contributed by atoms with Gasteiger partial charge in [0.15, 0.2) is 0 Å². The van der Waals surface area contributed by atoms with Crippen molar-refractivity contribution in [2.75, 3.05) is 14.2 Å². The highest BCUT2D eigenvalue weighted by Crippen LogP contribution is 2.23. The first-order valence-corrected chi connectivity index (χ1v) is 3.75. The quantitative estimate of drug-likeness (QED) is 0.672.